The van der Waals surface area contributed by atoms with E-state index in [9.17, 15) is 29.9 Å². The Labute approximate surface area is 177 Å². The van der Waals surface area contributed by atoms with Crippen LogP contribution in [0.4, 0.5) is 17.1 Å². The summed E-state index contributed by atoms with van der Waals surface area (Å²) >= 11 is 0. The number of nitriles is 1. The topological polar surface area (TPSA) is 157 Å². The van der Waals surface area contributed by atoms with Crippen LogP contribution in [0.1, 0.15) is 28.4 Å². The minimum absolute atomic E-state index is 0.102. The number of aliphatic imine (C=N–C) groups is 1. The molecular formula is C22H18N4O5. The van der Waals surface area contributed by atoms with Crippen LogP contribution in [0.5, 0.6) is 0 Å². The molecule has 2 amide bonds. The number of anilines is 2. The number of rotatable bonds is 4. The Kier molecular flexibility index (Phi) is 5.68. The Morgan fingerprint density at radius 1 is 1.16 bits per heavy atom. The molecule has 9 nitrogen and oxygen atoms in total. The zero-order valence-corrected chi connectivity index (χ0v) is 16.7. The summed E-state index contributed by atoms with van der Waals surface area (Å²) in [6, 6.07) is 10.3. The molecular weight excluding hydrogens is 400 g/mol. The summed E-state index contributed by atoms with van der Waals surface area (Å²) in [4.78, 5) is 42.7. The van der Waals surface area contributed by atoms with Gasteiger partial charge in [0.2, 0.25) is 0 Å². The molecule has 3 rings (SSSR count). The van der Waals surface area contributed by atoms with Gasteiger partial charge in [0, 0.05) is 16.8 Å². The number of carboxylic acids is 1. The molecule has 9 heteroatoms. The molecule has 31 heavy (non-hydrogen) atoms. The number of carbonyl (C=O) groups excluding carboxylic acids is 2. The number of hydrogen-bond acceptors (Lipinski definition) is 7. The fourth-order valence-corrected chi connectivity index (χ4v) is 3.19. The van der Waals surface area contributed by atoms with E-state index in [1.165, 1.54) is 19.1 Å². The van der Waals surface area contributed by atoms with Crippen molar-refractivity contribution in [1.82, 2.24) is 0 Å². The van der Waals surface area contributed by atoms with Crippen molar-refractivity contribution in [3.05, 3.63) is 64.2 Å². The van der Waals surface area contributed by atoms with Crippen molar-refractivity contribution in [2.45, 2.75) is 20.5 Å². The van der Waals surface area contributed by atoms with E-state index in [0.29, 0.717) is 21.8 Å². The number of aryl methyl sites for hydroxylation is 1. The third-order valence-corrected chi connectivity index (χ3v) is 4.86. The molecule has 0 unspecified atom stereocenters. The molecule has 0 aliphatic carbocycles. The lowest BCUT2D eigenvalue weighted by atomic mass is 9.96. The average Bonchev–Trinajstić information content (AvgIpc) is 2.72. The minimum atomic E-state index is -1.28. The maximum atomic E-state index is 13.3. The van der Waals surface area contributed by atoms with Gasteiger partial charge >= 0.3 is 5.97 Å². The van der Waals surface area contributed by atoms with Crippen molar-refractivity contribution in [3.63, 3.8) is 0 Å². The average molecular weight is 418 g/mol. The summed E-state index contributed by atoms with van der Waals surface area (Å²) < 4.78 is 0. The van der Waals surface area contributed by atoms with Crippen LogP contribution in [0, 0.1) is 18.3 Å². The number of amides is 2. The smallest absolute Gasteiger partial charge is 0.335 e. The molecule has 0 saturated heterocycles. The van der Waals surface area contributed by atoms with Crippen LogP contribution in [0.25, 0.3) is 0 Å². The first-order valence-electron chi connectivity index (χ1n) is 9.11. The minimum Gasteiger partial charge on any atom is -0.478 e. The molecule has 2 aromatic carbocycles. The third-order valence-electron chi connectivity index (χ3n) is 4.86. The van der Waals surface area contributed by atoms with E-state index in [1.54, 1.807) is 31.2 Å². The van der Waals surface area contributed by atoms with Gasteiger partial charge in [0.25, 0.3) is 11.8 Å². The number of aliphatic hydroxyl groups excluding tert-OH is 1. The Balaban J connectivity index is 2.26. The number of nitrogens with zero attached hydrogens (tertiary/aromatic N) is 3. The molecule has 0 atom stereocenters. The van der Waals surface area contributed by atoms with Gasteiger partial charge in [0.1, 0.15) is 17.4 Å². The van der Waals surface area contributed by atoms with Crippen LogP contribution >= 0.6 is 0 Å². The fourth-order valence-electron chi connectivity index (χ4n) is 3.19. The number of carbonyl (C=O) groups is 3. The van der Waals surface area contributed by atoms with Crippen molar-refractivity contribution in [1.29, 1.82) is 5.26 Å². The molecule has 0 bridgehead atoms. The van der Waals surface area contributed by atoms with E-state index in [4.69, 9.17) is 5.73 Å². The van der Waals surface area contributed by atoms with Crippen LogP contribution in [-0.2, 0) is 16.2 Å². The van der Waals surface area contributed by atoms with Crippen molar-refractivity contribution >= 4 is 40.6 Å². The van der Waals surface area contributed by atoms with Gasteiger partial charge in [-0.15, -0.1) is 0 Å². The predicted octanol–water partition coefficient (Wildman–Crippen LogP) is 2.25. The van der Waals surface area contributed by atoms with Crippen molar-refractivity contribution in [2.75, 3.05) is 10.6 Å². The maximum Gasteiger partial charge on any atom is 0.335 e. The van der Waals surface area contributed by atoms with Gasteiger partial charge in [-0.25, -0.2) is 14.7 Å². The number of aromatic carboxylic acids is 1. The van der Waals surface area contributed by atoms with Crippen molar-refractivity contribution in [3.8, 4) is 6.07 Å². The summed E-state index contributed by atoms with van der Waals surface area (Å²) in [5.41, 5.74) is 6.84. The van der Waals surface area contributed by atoms with E-state index >= 15 is 0 Å². The lowest BCUT2D eigenvalue weighted by Gasteiger charge is -2.28. The second kappa shape index (κ2) is 8.22. The number of carboxylic acid groups (broad SMARTS) is 1. The van der Waals surface area contributed by atoms with Gasteiger partial charge in [0.15, 0.2) is 0 Å². The second-order valence-corrected chi connectivity index (χ2v) is 6.87. The van der Waals surface area contributed by atoms with E-state index < -0.39 is 24.4 Å². The lowest BCUT2D eigenvalue weighted by Crippen LogP contribution is -2.47. The van der Waals surface area contributed by atoms with E-state index in [2.05, 4.69) is 4.99 Å². The summed E-state index contributed by atoms with van der Waals surface area (Å²) in [6.45, 7) is 2.63. The molecule has 1 heterocycles. The number of nitrogens with two attached hydrogens (primary N) is 1. The molecule has 156 valence electrons. The van der Waals surface area contributed by atoms with Crippen molar-refractivity contribution < 1.29 is 24.6 Å². The molecule has 0 fully saturated rings. The van der Waals surface area contributed by atoms with Crippen molar-refractivity contribution in [2.24, 2.45) is 4.99 Å². The number of aliphatic hydroxyl groups is 1. The zero-order chi connectivity index (χ0) is 22.9. The van der Waals surface area contributed by atoms with Crippen LogP contribution in [0.2, 0.25) is 0 Å². The van der Waals surface area contributed by atoms with Gasteiger partial charge in [0.05, 0.1) is 23.5 Å². The molecule has 0 spiro atoms. The highest BCUT2D eigenvalue weighted by atomic mass is 16.4. The molecule has 0 saturated carbocycles. The first kappa shape index (κ1) is 21.4. The van der Waals surface area contributed by atoms with Gasteiger partial charge in [-0.05, 0) is 49.7 Å². The van der Waals surface area contributed by atoms with Crippen LogP contribution in [0.3, 0.4) is 0 Å². The SMILES string of the molecule is CC1=C(C#N)C(=O)N(c2cc(C(=O)O)ccc2CO)C(=O)C1=Nc1ccc(N)cc1C. The Morgan fingerprint density at radius 2 is 1.87 bits per heavy atom. The highest BCUT2D eigenvalue weighted by Gasteiger charge is 2.39. The number of benzene rings is 2. The van der Waals surface area contributed by atoms with Crippen LogP contribution in [-0.4, -0.2) is 33.7 Å². The largest absolute Gasteiger partial charge is 0.478 e. The quantitative estimate of drug-likeness (QED) is 0.507. The second-order valence-electron chi connectivity index (χ2n) is 6.87. The monoisotopic (exact) mass is 418 g/mol. The summed E-state index contributed by atoms with van der Waals surface area (Å²) in [7, 11) is 0. The van der Waals surface area contributed by atoms with Crippen LogP contribution in [0.15, 0.2) is 52.5 Å². The zero-order valence-electron chi connectivity index (χ0n) is 16.7. The number of imide groups is 1. The summed E-state index contributed by atoms with van der Waals surface area (Å²) in [5, 5.41) is 28.5. The Bertz CT molecular complexity index is 1240. The Hall–Kier alpha value is -4.29. The normalized spacial score (nSPS) is 15.4. The molecule has 0 radical (unpaired) electrons. The first-order valence-corrected chi connectivity index (χ1v) is 9.11. The summed E-state index contributed by atoms with van der Waals surface area (Å²) in [5.74, 6) is -3.04. The highest BCUT2D eigenvalue weighted by Crippen LogP contribution is 2.31. The highest BCUT2D eigenvalue weighted by molar-refractivity contribution is 6.57. The van der Waals surface area contributed by atoms with E-state index in [0.717, 1.165) is 6.07 Å². The maximum absolute atomic E-state index is 13.3. The van der Waals surface area contributed by atoms with Gasteiger partial charge in [-0.3, -0.25) is 9.59 Å². The number of nitrogen functional groups attached to an aromatic ring is 1. The first-order chi connectivity index (χ1) is 14.7. The lowest BCUT2D eigenvalue weighted by molar-refractivity contribution is -0.121. The van der Waals surface area contributed by atoms with Gasteiger partial charge in [-0.1, -0.05) is 6.07 Å². The predicted molar refractivity (Wildman–Crippen MR) is 113 cm³/mol. The van der Waals surface area contributed by atoms with E-state index in [1.807, 2.05) is 0 Å². The van der Waals surface area contributed by atoms with Gasteiger partial charge < -0.3 is 15.9 Å². The molecule has 0 aromatic heterocycles. The van der Waals surface area contributed by atoms with E-state index in [-0.39, 0.29) is 33.7 Å². The third kappa shape index (κ3) is 3.80. The fraction of sp³-hybridized carbons (Fsp3) is 0.136. The van der Waals surface area contributed by atoms with Crippen LogP contribution < -0.4 is 10.6 Å². The molecule has 4 N–H and O–H groups in total. The van der Waals surface area contributed by atoms with Gasteiger partial charge in [-0.2, -0.15) is 5.26 Å². The molecule has 1 aliphatic heterocycles. The molecule has 2 aromatic rings. The standard InChI is InChI=1S/C22H18N4O5/c1-11-7-15(24)5-6-17(11)25-19-12(2)16(9-23)20(28)26(21(19)29)18-8-13(22(30)31)3-4-14(18)10-27/h3-8,27H,10,24H2,1-2H3,(H,30,31). The summed E-state index contributed by atoms with van der Waals surface area (Å²) in [6.07, 6.45) is 0. The Morgan fingerprint density at radius 3 is 2.45 bits per heavy atom. The molecule has 1 aliphatic rings. The number of hydrogen-bond donors (Lipinski definition) is 3.